The molecule has 6 rings (SSSR count). The maximum Gasteiger partial charge on any atom is 0.329 e. The number of carbonyl (C=O) groups excluding carboxylic acids is 6. The van der Waals surface area contributed by atoms with Gasteiger partial charge < -0.3 is 47.3 Å². The zero-order valence-electron chi connectivity index (χ0n) is 58.6. The summed E-state index contributed by atoms with van der Waals surface area (Å²) in [6.45, 7) is 30.9. The van der Waals surface area contributed by atoms with Crippen LogP contribution in [0.25, 0.3) is 0 Å². The number of benzene rings is 2. The first-order chi connectivity index (χ1) is 43.3. The van der Waals surface area contributed by atoms with Gasteiger partial charge in [-0.3, -0.25) is 24.0 Å². The van der Waals surface area contributed by atoms with Gasteiger partial charge in [0, 0.05) is 64.9 Å². The fourth-order valence-corrected chi connectivity index (χ4v) is 20.0. The van der Waals surface area contributed by atoms with Crippen LogP contribution in [0.4, 0.5) is 0 Å². The summed E-state index contributed by atoms with van der Waals surface area (Å²) in [4.78, 5) is 88.2. The number of aliphatic hydroxyl groups is 1. The number of nitrogens with zero attached hydrogens (tertiary/aromatic N) is 1. The fourth-order valence-electron chi connectivity index (χ4n) is 14.2. The molecule has 14 atom stereocenters. The van der Waals surface area contributed by atoms with Crippen LogP contribution in [0.15, 0.2) is 96.6 Å². The minimum absolute atomic E-state index is 0.00925. The summed E-state index contributed by atoms with van der Waals surface area (Å²) >= 11 is 0. The van der Waals surface area contributed by atoms with Crippen LogP contribution in [-0.4, -0.2) is 144 Å². The molecule has 0 spiro atoms. The number of amides is 1. The van der Waals surface area contributed by atoms with Crippen LogP contribution in [0, 0.1) is 29.6 Å². The number of methoxy groups -OCH3 is 3. The second kappa shape index (κ2) is 33.6. The van der Waals surface area contributed by atoms with Gasteiger partial charge >= 0.3 is 20.3 Å². The van der Waals surface area contributed by atoms with Crippen molar-refractivity contribution in [2.45, 2.75) is 263 Å². The van der Waals surface area contributed by atoms with Crippen LogP contribution in [0.3, 0.4) is 0 Å². The highest BCUT2D eigenvalue weighted by atomic mass is 28.4. The molecule has 18 heteroatoms. The normalized spacial score (nSPS) is 30.4. The van der Waals surface area contributed by atoms with E-state index in [0.29, 0.717) is 64.2 Å². The van der Waals surface area contributed by atoms with Gasteiger partial charge in [0.05, 0.1) is 24.4 Å². The third-order valence-electron chi connectivity index (χ3n) is 20.6. The van der Waals surface area contributed by atoms with Crippen LogP contribution >= 0.6 is 0 Å². The standard InChI is InChI=1S/C74H113NO15Si2/c1-18-31-55-43-49(2)42-50(3)44-63(84-14)68-64(85-15)46-52(5)74(82,88-68)69(79)70(80)75-41-30-29-36-58(75)71(81)87-67(53(6)61(48-59(55)76)89-91(16,17)72(7,8)9)51(4)45-54-39-40-60(62(47-54)83-13)86-65(77)37-27-19-20-28-38-66(78)90-92(73(10,11)12,56-32-23-21-24-33-56)57-34-25-22-26-35-57/h18,21-26,32-35,43,45,50,52-55,58,60-64,67-68,82H,1,19-20,27-31,36-42,44,46-48H2,2-17H3/b49-43+,51-45+/t50-,52+,53+,54-,55+,58?,60+,61-,62+,63-,64-,67+,68+,74+/m0/s1. The monoisotopic (exact) mass is 1310 g/mol. The van der Waals surface area contributed by atoms with Crippen LogP contribution < -0.4 is 10.4 Å². The molecule has 0 aromatic heterocycles. The van der Waals surface area contributed by atoms with E-state index in [-0.39, 0.29) is 78.3 Å². The van der Waals surface area contributed by atoms with Crippen molar-refractivity contribution in [1.29, 1.82) is 0 Å². The van der Waals surface area contributed by atoms with Gasteiger partial charge in [0.15, 0.2) is 8.32 Å². The van der Waals surface area contributed by atoms with Gasteiger partial charge in [-0.25, -0.2) is 4.79 Å². The van der Waals surface area contributed by atoms with Gasteiger partial charge in [0.25, 0.3) is 17.7 Å². The third-order valence-corrected chi connectivity index (χ3v) is 30.0. The number of ether oxygens (including phenoxy) is 6. The highest BCUT2D eigenvalue weighted by molar-refractivity contribution is 7.00. The van der Waals surface area contributed by atoms with Crippen LogP contribution in [-0.2, 0) is 66.0 Å². The van der Waals surface area contributed by atoms with Crippen molar-refractivity contribution in [2.75, 3.05) is 27.9 Å². The summed E-state index contributed by atoms with van der Waals surface area (Å²) in [5, 5.41) is 13.9. The maximum atomic E-state index is 15.2. The molecule has 2 aromatic carbocycles. The van der Waals surface area contributed by atoms with Crippen molar-refractivity contribution in [3.63, 3.8) is 0 Å². The van der Waals surface area contributed by atoms with Gasteiger partial charge in [-0.1, -0.05) is 160 Å². The zero-order chi connectivity index (χ0) is 67.9. The van der Waals surface area contributed by atoms with Crippen LogP contribution in [0.1, 0.15) is 185 Å². The SMILES string of the molecule is C=CC[C@@H]1/C=C(\C)C[C@H](C)C[C@H](OC)[C@H]2O[C@@](O)(C(=O)C(=O)N3CCCCC3C(=O)O[C@H](/C(C)=C/[C@@H]3CC[C@@H](OC(=O)CCCCCCC(=O)O[Si](c4ccccc4)(c4ccccc4)C(C)(C)C)[C@H](OC)C3)[C@H](C)[C@@H](O[Si](C)(C)C(C)(C)C)CC1=O)[C@H](C)C[C@@H]2OC. The molecule has 4 aliphatic rings. The number of allylic oxidation sites excluding steroid dienone is 4. The number of piperidine rings is 1. The molecule has 1 amide bonds. The Morgan fingerprint density at radius 1 is 0.739 bits per heavy atom. The van der Waals surface area contributed by atoms with Gasteiger partial charge in [0.2, 0.25) is 5.79 Å². The Kier molecular flexibility index (Phi) is 27.8. The molecule has 2 bridgehead atoms. The van der Waals surface area contributed by atoms with Crippen molar-refractivity contribution in [1.82, 2.24) is 4.90 Å². The number of carbonyl (C=O) groups is 6. The molecule has 3 aliphatic heterocycles. The molecule has 1 saturated carbocycles. The van der Waals surface area contributed by atoms with Crippen molar-refractivity contribution >= 4 is 62.4 Å². The highest BCUT2D eigenvalue weighted by Crippen LogP contribution is 2.43. The summed E-state index contributed by atoms with van der Waals surface area (Å²) in [6, 6.07) is 19.1. The number of hydrogen-bond donors (Lipinski definition) is 1. The van der Waals surface area contributed by atoms with E-state index >= 15 is 9.59 Å². The Bertz CT molecular complexity index is 2810. The smallest absolute Gasteiger partial charge is 0.329 e. The lowest BCUT2D eigenvalue weighted by Crippen LogP contribution is -2.67. The Hall–Kier alpha value is -4.93. The van der Waals surface area contributed by atoms with Crippen molar-refractivity contribution < 1.29 is 71.1 Å². The molecule has 3 heterocycles. The molecule has 1 N–H and O–H groups in total. The van der Waals surface area contributed by atoms with E-state index in [2.05, 4.69) is 98.5 Å². The number of Topliss-reactive ketones (excluding diaryl/α,β-unsaturated/α-hetero) is 2. The lowest BCUT2D eigenvalue weighted by atomic mass is 9.81. The largest absolute Gasteiger partial charge is 0.510 e. The minimum atomic E-state index is -3.02. The number of unbranched alkanes of at least 4 members (excludes halogenated alkanes) is 3. The highest BCUT2D eigenvalue weighted by Gasteiger charge is 2.57. The predicted molar refractivity (Wildman–Crippen MR) is 364 cm³/mol. The van der Waals surface area contributed by atoms with E-state index in [9.17, 15) is 24.3 Å². The van der Waals surface area contributed by atoms with E-state index in [1.807, 2.05) is 63.2 Å². The van der Waals surface area contributed by atoms with E-state index in [4.69, 9.17) is 37.3 Å². The second-order valence-electron chi connectivity index (χ2n) is 29.6. The topological polar surface area (TPSA) is 200 Å². The Morgan fingerprint density at radius 2 is 1.33 bits per heavy atom. The second-order valence-corrected chi connectivity index (χ2v) is 38.6. The first kappa shape index (κ1) is 76.1. The number of esters is 2. The summed E-state index contributed by atoms with van der Waals surface area (Å²) in [6.07, 6.45) is 9.04. The Labute approximate surface area is 552 Å². The van der Waals surface area contributed by atoms with Crippen LogP contribution in [0.2, 0.25) is 23.2 Å². The molecule has 1 aliphatic carbocycles. The molecule has 16 nitrogen and oxygen atoms in total. The maximum absolute atomic E-state index is 15.2. The molecule has 2 saturated heterocycles. The summed E-state index contributed by atoms with van der Waals surface area (Å²) < 4.78 is 51.3. The lowest BCUT2D eigenvalue weighted by molar-refractivity contribution is -0.302. The predicted octanol–water partition coefficient (Wildman–Crippen LogP) is 12.7. The van der Waals surface area contributed by atoms with Gasteiger partial charge in [-0.15, -0.1) is 6.58 Å². The summed E-state index contributed by atoms with van der Waals surface area (Å²) in [5.41, 5.74) is 1.71. The molecular weight excluding hydrogens is 1200 g/mol. The van der Waals surface area contributed by atoms with Gasteiger partial charge in [-0.2, -0.15) is 0 Å². The van der Waals surface area contributed by atoms with E-state index in [1.165, 1.54) is 4.90 Å². The molecule has 512 valence electrons. The summed E-state index contributed by atoms with van der Waals surface area (Å²) in [7, 11) is -0.951. The molecule has 3 fully saturated rings. The van der Waals surface area contributed by atoms with E-state index < -0.39 is 107 Å². The van der Waals surface area contributed by atoms with E-state index in [0.717, 1.165) is 34.4 Å². The van der Waals surface area contributed by atoms with Crippen molar-refractivity contribution in [3.05, 3.63) is 96.6 Å². The quantitative estimate of drug-likeness (QED) is 0.0431. The average molecular weight is 1310 g/mol. The number of hydrogen-bond acceptors (Lipinski definition) is 15. The first-order valence-corrected chi connectivity index (χ1v) is 38.9. The van der Waals surface area contributed by atoms with Crippen LogP contribution in [0.5, 0.6) is 0 Å². The fraction of sp³-hybridized carbons (Fsp3) is 0.676. The van der Waals surface area contributed by atoms with Crippen molar-refractivity contribution in [3.8, 4) is 0 Å². The summed E-state index contributed by atoms with van der Waals surface area (Å²) in [5.74, 6) is -8.10. The Morgan fingerprint density at radius 3 is 1.89 bits per heavy atom. The Balaban J connectivity index is 1.22. The van der Waals surface area contributed by atoms with Crippen molar-refractivity contribution in [2.24, 2.45) is 29.6 Å². The number of fused-ring (bicyclic) bond motifs is 3. The third kappa shape index (κ3) is 19.0. The first-order valence-electron chi connectivity index (χ1n) is 34.1. The molecule has 0 radical (unpaired) electrons. The molecule has 2 aromatic rings. The zero-order valence-corrected chi connectivity index (χ0v) is 60.6. The number of rotatable bonds is 20. The molecule has 1 unspecified atom stereocenters. The van der Waals surface area contributed by atoms with Gasteiger partial charge in [0.1, 0.15) is 30.1 Å². The minimum Gasteiger partial charge on any atom is -0.510 e. The number of cyclic esters (lactones) is 1. The average Bonchev–Trinajstić information content (AvgIpc) is 0.762. The molecular formula is C74H113NO15Si2. The van der Waals surface area contributed by atoms with E-state index in [1.54, 1.807) is 34.3 Å². The number of ketones is 2. The molecule has 92 heavy (non-hydrogen) atoms. The van der Waals surface area contributed by atoms with Gasteiger partial charge in [-0.05, 0) is 142 Å². The lowest BCUT2D eigenvalue weighted by Gasteiger charge is -2.47.